The van der Waals surface area contributed by atoms with Gasteiger partial charge in [0.1, 0.15) is 11.5 Å². The summed E-state index contributed by atoms with van der Waals surface area (Å²) in [5, 5.41) is 12.8. The Morgan fingerprint density at radius 2 is 1.75 bits per heavy atom. The Morgan fingerprint density at radius 3 is 2.54 bits per heavy atom. The molecule has 1 N–H and O–H groups in total. The van der Waals surface area contributed by atoms with Gasteiger partial charge in [-0.2, -0.15) is 0 Å². The standard InChI is InChI=1S/C21H21NO2/c1-24-16-9-10-19(22-12-4-5-13-22)18(14-16)21-17-7-3-2-6-15(17)8-11-20(21)23/h2-3,6-11,14,23H,4-5,12-13H2,1H3. The van der Waals surface area contributed by atoms with E-state index in [1.165, 1.54) is 18.5 Å². The predicted octanol–water partition coefficient (Wildman–Crippen LogP) is 4.82. The molecule has 4 rings (SSSR count). The zero-order chi connectivity index (χ0) is 16.5. The predicted molar refractivity (Wildman–Crippen MR) is 99.0 cm³/mol. The molecule has 0 unspecified atom stereocenters. The van der Waals surface area contributed by atoms with Crippen LogP contribution in [0.4, 0.5) is 5.69 Å². The number of fused-ring (bicyclic) bond motifs is 1. The van der Waals surface area contributed by atoms with E-state index in [0.717, 1.165) is 40.7 Å². The Kier molecular flexibility index (Phi) is 3.77. The number of phenols is 1. The van der Waals surface area contributed by atoms with Gasteiger partial charge < -0.3 is 14.7 Å². The minimum atomic E-state index is 0.308. The Hall–Kier alpha value is -2.68. The van der Waals surface area contributed by atoms with Crippen LogP contribution in [0.25, 0.3) is 21.9 Å². The van der Waals surface area contributed by atoms with E-state index in [-0.39, 0.29) is 0 Å². The summed E-state index contributed by atoms with van der Waals surface area (Å²) in [6, 6.07) is 18.1. The highest BCUT2D eigenvalue weighted by Gasteiger charge is 2.20. The van der Waals surface area contributed by atoms with Crippen LogP contribution in [0.5, 0.6) is 11.5 Å². The molecule has 1 aliphatic heterocycles. The van der Waals surface area contributed by atoms with E-state index in [4.69, 9.17) is 4.74 Å². The molecule has 1 saturated heterocycles. The Labute approximate surface area is 142 Å². The quantitative estimate of drug-likeness (QED) is 0.751. The van der Waals surface area contributed by atoms with Gasteiger partial charge in [-0.25, -0.2) is 0 Å². The fourth-order valence-corrected chi connectivity index (χ4v) is 3.62. The second-order valence-corrected chi connectivity index (χ2v) is 6.26. The average Bonchev–Trinajstić information content (AvgIpc) is 3.15. The van der Waals surface area contributed by atoms with Crippen molar-refractivity contribution in [3.63, 3.8) is 0 Å². The first-order valence-corrected chi connectivity index (χ1v) is 8.42. The molecular weight excluding hydrogens is 298 g/mol. The molecule has 1 aliphatic rings. The molecule has 0 aliphatic carbocycles. The van der Waals surface area contributed by atoms with E-state index < -0.39 is 0 Å². The molecule has 1 heterocycles. The molecule has 0 atom stereocenters. The van der Waals surface area contributed by atoms with Gasteiger partial charge in [-0.3, -0.25) is 0 Å². The maximum Gasteiger partial charge on any atom is 0.124 e. The van der Waals surface area contributed by atoms with Gasteiger partial charge in [-0.1, -0.05) is 30.3 Å². The monoisotopic (exact) mass is 319 g/mol. The van der Waals surface area contributed by atoms with Crippen molar-refractivity contribution in [2.24, 2.45) is 0 Å². The van der Waals surface area contributed by atoms with Crippen molar-refractivity contribution in [3.8, 4) is 22.6 Å². The topological polar surface area (TPSA) is 32.7 Å². The first-order chi connectivity index (χ1) is 11.8. The molecule has 3 nitrogen and oxygen atoms in total. The van der Waals surface area contributed by atoms with Crippen molar-refractivity contribution in [1.29, 1.82) is 0 Å². The van der Waals surface area contributed by atoms with Crippen LogP contribution < -0.4 is 9.64 Å². The van der Waals surface area contributed by atoms with Crippen LogP contribution in [0.3, 0.4) is 0 Å². The van der Waals surface area contributed by atoms with Crippen LogP contribution in [-0.4, -0.2) is 25.3 Å². The zero-order valence-corrected chi connectivity index (χ0v) is 13.8. The summed E-state index contributed by atoms with van der Waals surface area (Å²) in [5.74, 6) is 1.11. The van der Waals surface area contributed by atoms with E-state index in [2.05, 4.69) is 23.1 Å². The lowest BCUT2D eigenvalue weighted by Crippen LogP contribution is -2.18. The third-order valence-electron chi connectivity index (χ3n) is 4.83. The SMILES string of the molecule is COc1ccc(N2CCCC2)c(-c2c(O)ccc3ccccc23)c1. The van der Waals surface area contributed by atoms with E-state index >= 15 is 0 Å². The molecule has 1 fully saturated rings. The number of ether oxygens (including phenoxy) is 1. The minimum Gasteiger partial charge on any atom is -0.507 e. The summed E-state index contributed by atoms with van der Waals surface area (Å²) in [4.78, 5) is 2.40. The van der Waals surface area contributed by atoms with Gasteiger partial charge in [0, 0.05) is 29.9 Å². The van der Waals surface area contributed by atoms with E-state index in [1.54, 1.807) is 13.2 Å². The highest BCUT2D eigenvalue weighted by Crippen LogP contribution is 2.43. The summed E-state index contributed by atoms with van der Waals surface area (Å²) in [6.45, 7) is 2.12. The molecule has 0 spiro atoms. The van der Waals surface area contributed by atoms with Gasteiger partial charge in [0.15, 0.2) is 0 Å². The molecule has 24 heavy (non-hydrogen) atoms. The summed E-state index contributed by atoms with van der Waals surface area (Å²) < 4.78 is 5.45. The van der Waals surface area contributed by atoms with Crippen LogP contribution in [0.15, 0.2) is 54.6 Å². The Balaban J connectivity index is 2.00. The van der Waals surface area contributed by atoms with Crippen molar-refractivity contribution < 1.29 is 9.84 Å². The first-order valence-electron chi connectivity index (χ1n) is 8.42. The van der Waals surface area contributed by atoms with Gasteiger partial charge in [0.05, 0.1) is 7.11 Å². The molecule has 3 heteroatoms. The van der Waals surface area contributed by atoms with Crippen molar-refractivity contribution in [2.75, 3.05) is 25.1 Å². The summed E-state index contributed by atoms with van der Waals surface area (Å²) >= 11 is 0. The number of hydrogen-bond donors (Lipinski definition) is 1. The van der Waals surface area contributed by atoms with E-state index in [9.17, 15) is 5.11 Å². The lowest BCUT2D eigenvalue weighted by Gasteiger charge is -2.23. The van der Waals surface area contributed by atoms with Crippen molar-refractivity contribution in [1.82, 2.24) is 0 Å². The second kappa shape index (κ2) is 6.08. The average molecular weight is 319 g/mol. The number of nitrogens with zero attached hydrogens (tertiary/aromatic N) is 1. The van der Waals surface area contributed by atoms with Gasteiger partial charge in [0.2, 0.25) is 0 Å². The molecule has 122 valence electrons. The van der Waals surface area contributed by atoms with Crippen LogP contribution >= 0.6 is 0 Å². The van der Waals surface area contributed by atoms with Gasteiger partial charge in [0.25, 0.3) is 0 Å². The molecule has 0 amide bonds. The van der Waals surface area contributed by atoms with Gasteiger partial charge in [-0.05, 0) is 47.9 Å². The fourth-order valence-electron chi connectivity index (χ4n) is 3.62. The maximum absolute atomic E-state index is 10.6. The number of anilines is 1. The molecule has 0 saturated carbocycles. The highest BCUT2D eigenvalue weighted by atomic mass is 16.5. The van der Waals surface area contributed by atoms with Crippen molar-refractivity contribution in [2.45, 2.75) is 12.8 Å². The van der Waals surface area contributed by atoms with Crippen molar-refractivity contribution >= 4 is 16.5 Å². The Morgan fingerprint density at radius 1 is 0.958 bits per heavy atom. The molecular formula is C21H21NO2. The van der Waals surface area contributed by atoms with Gasteiger partial charge >= 0.3 is 0 Å². The number of rotatable bonds is 3. The molecule has 0 radical (unpaired) electrons. The van der Waals surface area contributed by atoms with Crippen molar-refractivity contribution in [3.05, 3.63) is 54.6 Å². The van der Waals surface area contributed by atoms with Crippen LogP contribution in [0, 0.1) is 0 Å². The number of aromatic hydroxyl groups is 1. The lowest BCUT2D eigenvalue weighted by atomic mass is 9.95. The summed E-state index contributed by atoms with van der Waals surface area (Å²) in [5.41, 5.74) is 3.08. The first kappa shape index (κ1) is 14.9. The fraction of sp³-hybridized carbons (Fsp3) is 0.238. The van der Waals surface area contributed by atoms with Gasteiger partial charge in [-0.15, -0.1) is 0 Å². The minimum absolute atomic E-state index is 0.308. The smallest absolute Gasteiger partial charge is 0.124 e. The normalized spacial score (nSPS) is 14.3. The molecule has 3 aromatic carbocycles. The van der Waals surface area contributed by atoms with E-state index in [1.807, 2.05) is 30.3 Å². The van der Waals surface area contributed by atoms with E-state index in [0.29, 0.717) is 5.75 Å². The molecule has 0 aromatic heterocycles. The second-order valence-electron chi connectivity index (χ2n) is 6.26. The number of methoxy groups -OCH3 is 1. The maximum atomic E-state index is 10.6. The third-order valence-corrected chi connectivity index (χ3v) is 4.83. The number of phenolic OH excluding ortho intramolecular Hbond substituents is 1. The van der Waals surface area contributed by atoms with Crippen LogP contribution in [-0.2, 0) is 0 Å². The molecule has 3 aromatic rings. The van der Waals surface area contributed by atoms with Crippen LogP contribution in [0.2, 0.25) is 0 Å². The largest absolute Gasteiger partial charge is 0.507 e. The number of hydrogen-bond acceptors (Lipinski definition) is 3. The number of benzene rings is 3. The van der Waals surface area contributed by atoms with Crippen LogP contribution in [0.1, 0.15) is 12.8 Å². The Bertz CT molecular complexity index is 882. The lowest BCUT2D eigenvalue weighted by molar-refractivity contribution is 0.415. The summed E-state index contributed by atoms with van der Waals surface area (Å²) in [6.07, 6.45) is 2.43. The third kappa shape index (κ3) is 2.46. The highest BCUT2D eigenvalue weighted by molar-refractivity contribution is 6.02. The molecule has 0 bridgehead atoms. The zero-order valence-electron chi connectivity index (χ0n) is 13.8. The summed E-state index contributed by atoms with van der Waals surface area (Å²) in [7, 11) is 1.68.